The standard InChI is InChI=1S/C22H24N2O5.C2HF3O2/c1-4-27-19-12-15(5-8-18(19)28-13(2)3)20(22(25)26)29-16-6-7-17-14(11-16)9-10-24-21(17)23;3-2(4,5)1(6)7/h5-13,20H,4H2,1-3H3,(H2,23,24)(H,25,26);(H,6,7). The average Bonchev–Trinajstić information content (AvgIpc) is 2.78. The van der Waals surface area contributed by atoms with Crippen LogP contribution in [0.2, 0.25) is 0 Å². The molecule has 36 heavy (non-hydrogen) atoms. The largest absolute Gasteiger partial charge is 0.490 e. The van der Waals surface area contributed by atoms with Gasteiger partial charge in [-0.2, -0.15) is 13.2 Å². The van der Waals surface area contributed by atoms with Crippen molar-refractivity contribution in [1.29, 1.82) is 0 Å². The van der Waals surface area contributed by atoms with Crippen LogP contribution < -0.4 is 19.9 Å². The lowest BCUT2D eigenvalue weighted by atomic mass is 10.1. The molecule has 0 saturated carbocycles. The summed E-state index contributed by atoms with van der Waals surface area (Å²) in [5, 5.41) is 18.5. The molecule has 3 rings (SSSR count). The molecule has 12 heteroatoms. The Labute approximate surface area is 204 Å². The van der Waals surface area contributed by atoms with Crippen molar-refractivity contribution < 1.29 is 47.2 Å². The molecule has 0 aliphatic rings. The number of benzene rings is 2. The number of alkyl halides is 3. The highest BCUT2D eigenvalue weighted by Crippen LogP contribution is 2.34. The van der Waals surface area contributed by atoms with E-state index in [1.807, 2.05) is 20.8 Å². The lowest BCUT2D eigenvalue weighted by Gasteiger charge is -2.19. The predicted molar refractivity (Wildman–Crippen MR) is 124 cm³/mol. The van der Waals surface area contributed by atoms with Crippen molar-refractivity contribution in [3.8, 4) is 17.2 Å². The number of hydrogen-bond donors (Lipinski definition) is 3. The third-order valence-electron chi connectivity index (χ3n) is 4.42. The van der Waals surface area contributed by atoms with Crippen molar-refractivity contribution in [1.82, 2.24) is 4.98 Å². The molecule has 1 atom stereocenters. The number of nitrogens with zero attached hydrogens (tertiary/aromatic N) is 1. The van der Waals surface area contributed by atoms with Gasteiger partial charge in [-0.05, 0) is 62.6 Å². The molecule has 0 aliphatic carbocycles. The molecule has 1 heterocycles. The third-order valence-corrected chi connectivity index (χ3v) is 4.42. The highest BCUT2D eigenvalue weighted by Gasteiger charge is 2.38. The Bertz CT molecular complexity index is 1220. The predicted octanol–water partition coefficient (Wildman–Crippen LogP) is 4.84. The highest BCUT2D eigenvalue weighted by molar-refractivity contribution is 5.91. The lowest BCUT2D eigenvalue weighted by molar-refractivity contribution is -0.192. The summed E-state index contributed by atoms with van der Waals surface area (Å²) in [4.78, 5) is 24.9. The van der Waals surface area contributed by atoms with Crippen LogP contribution in [0.4, 0.5) is 19.0 Å². The van der Waals surface area contributed by atoms with Crippen molar-refractivity contribution in [2.24, 2.45) is 0 Å². The number of fused-ring (bicyclic) bond motifs is 1. The Morgan fingerprint density at radius 1 is 1.03 bits per heavy atom. The summed E-state index contributed by atoms with van der Waals surface area (Å²) in [6.07, 6.45) is -4.73. The number of carbonyl (C=O) groups is 2. The number of ether oxygens (including phenoxy) is 3. The zero-order valence-corrected chi connectivity index (χ0v) is 19.6. The maximum absolute atomic E-state index is 11.9. The van der Waals surface area contributed by atoms with Gasteiger partial charge in [-0.25, -0.2) is 14.6 Å². The number of halogens is 3. The van der Waals surface area contributed by atoms with E-state index in [1.54, 1.807) is 48.7 Å². The van der Waals surface area contributed by atoms with Gasteiger partial charge in [0.2, 0.25) is 6.10 Å². The van der Waals surface area contributed by atoms with Crippen molar-refractivity contribution in [2.45, 2.75) is 39.2 Å². The molecule has 9 nitrogen and oxygen atoms in total. The van der Waals surface area contributed by atoms with Crippen molar-refractivity contribution in [3.63, 3.8) is 0 Å². The second-order valence-corrected chi connectivity index (χ2v) is 7.52. The number of anilines is 1. The van der Waals surface area contributed by atoms with Crippen molar-refractivity contribution in [3.05, 3.63) is 54.2 Å². The molecule has 0 aliphatic heterocycles. The van der Waals surface area contributed by atoms with Gasteiger partial charge in [-0.15, -0.1) is 0 Å². The molecular formula is C24H25F3N2O7. The normalized spacial score (nSPS) is 11.9. The Morgan fingerprint density at radius 3 is 2.25 bits per heavy atom. The van der Waals surface area contributed by atoms with Gasteiger partial charge in [0.15, 0.2) is 11.5 Å². The zero-order chi connectivity index (χ0) is 27.0. The molecule has 2 aromatic carbocycles. The maximum atomic E-state index is 11.9. The minimum absolute atomic E-state index is 0.0360. The van der Waals surface area contributed by atoms with Crippen LogP contribution in [-0.4, -0.2) is 46.0 Å². The second-order valence-electron chi connectivity index (χ2n) is 7.52. The van der Waals surface area contributed by atoms with Crippen LogP contribution in [0.3, 0.4) is 0 Å². The fraction of sp³-hybridized carbons (Fsp3) is 0.292. The smallest absolute Gasteiger partial charge is 0.490 e. The second kappa shape index (κ2) is 12.0. The molecule has 4 N–H and O–H groups in total. The molecule has 0 amide bonds. The minimum Gasteiger partial charge on any atom is -0.490 e. The van der Waals surface area contributed by atoms with Gasteiger partial charge < -0.3 is 30.2 Å². The molecular weight excluding hydrogens is 485 g/mol. The van der Waals surface area contributed by atoms with E-state index in [-0.39, 0.29) is 6.10 Å². The van der Waals surface area contributed by atoms with E-state index in [0.717, 1.165) is 10.8 Å². The number of carboxylic acid groups (broad SMARTS) is 2. The van der Waals surface area contributed by atoms with Crippen LogP contribution in [0, 0.1) is 0 Å². The summed E-state index contributed by atoms with van der Waals surface area (Å²) < 4.78 is 48.9. The van der Waals surface area contributed by atoms with E-state index in [1.165, 1.54) is 0 Å². The number of carboxylic acids is 2. The average molecular weight is 510 g/mol. The van der Waals surface area contributed by atoms with Crippen LogP contribution in [0.25, 0.3) is 10.8 Å². The van der Waals surface area contributed by atoms with Crippen LogP contribution in [0.5, 0.6) is 17.2 Å². The van der Waals surface area contributed by atoms with Crippen molar-refractivity contribution in [2.75, 3.05) is 12.3 Å². The molecule has 1 unspecified atom stereocenters. The first-order valence-corrected chi connectivity index (χ1v) is 10.6. The van der Waals surface area contributed by atoms with Crippen LogP contribution in [0.15, 0.2) is 48.7 Å². The van der Waals surface area contributed by atoms with Crippen molar-refractivity contribution >= 4 is 28.5 Å². The Kier molecular flexibility index (Phi) is 9.31. The number of aromatic nitrogens is 1. The molecule has 194 valence electrons. The molecule has 1 aromatic heterocycles. The monoisotopic (exact) mass is 510 g/mol. The first kappa shape index (κ1) is 28.0. The van der Waals surface area contributed by atoms with Gasteiger partial charge in [-0.3, -0.25) is 0 Å². The summed E-state index contributed by atoms with van der Waals surface area (Å²) >= 11 is 0. The molecule has 3 aromatic rings. The fourth-order valence-corrected chi connectivity index (χ4v) is 2.96. The van der Waals surface area contributed by atoms with E-state index in [2.05, 4.69) is 4.98 Å². The topological polar surface area (TPSA) is 141 Å². The van der Waals surface area contributed by atoms with Crippen LogP contribution in [-0.2, 0) is 9.59 Å². The van der Waals surface area contributed by atoms with Gasteiger partial charge in [0.25, 0.3) is 0 Å². The Hall–Kier alpha value is -4.22. The molecule has 0 fully saturated rings. The number of aliphatic carboxylic acids is 2. The quantitative estimate of drug-likeness (QED) is 0.388. The summed E-state index contributed by atoms with van der Waals surface area (Å²) in [6, 6.07) is 12.0. The van der Waals surface area contributed by atoms with E-state index >= 15 is 0 Å². The number of rotatable bonds is 8. The Morgan fingerprint density at radius 2 is 1.69 bits per heavy atom. The lowest BCUT2D eigenvalue weighted by Crippen LogP contribution is -2.21. The SMILES string of the molecule is CCOc1cc(C(Oc2ccc3c(N)nccc3c2)C(=O)O)ccc1OC(C)C.O=C(O)C(F)(F)F. The minimum atomic E-state index is -5.08. The van der Waals surface area contributed by atoms with E-state index in [0.29, 0.717) is 35.2 Å². The van der Waals surface area contributed by atoms with Gasteiger partial charge in [0, 0.05) is 17.1 Å². The first-order chi connectivity index (χ1) is 16.8. The van der Waals surface area contributed by atoms with E-state index in [9.17, 15) is 23.1 Å². The summed E-state index contributed by atoms with van der Waals surface area (Å²) in [7, 11) is 0. The third kappa shape index (κ3) is 7.65. The zero-order valence-electron chi connectivity index (χ0n) is 19.6. The van der Waals surface area contributed by atoms with Gasteiger partial charge >= 0.3 is 18.1 Å². The number of nitrogens with two attached hydrogens (primary N) is 1. The molecule has 0 saturated heterocycles. The molecule has 0 spiro atoms. The van der Waals surface area contributed by atoms with Crippen LogP contribution in [0.1, 0.15) is 32.4 Å². The van der Waals surface area contributed by atoms with Gasteiger partial charge in [0.1, 0.15) is 11.6 Å². The maximum Gasteiger partial charge on any atom is 0.490 e. The fourth-order valence-electron chi connectivity index (χ4n) is 2.96. The number of nitrogen functional groups attached to an aromatic ring is 1. The Balaban J connectivity index is 0.000000572. The molecule has 0 bridgehead atoms. The van der Waals surface area contributed by atoms with E-state index < -0.39 is 24.2 Å². The first-order valence-electron chi connectivity index (χ1n) is 10.6. The summed E-state index contributed by atoms with van der Waals surface area (Å²) in [5.74, 6) is -2.01. The summed E-state index contributed by atoms with van der Waals surface area (Å²) in [5.41, 5.74) is 6.32. The van der Waals surface area contributed by atoms with E-state index in [4.69, 9.17) is 29.8 Å². The number of pyridine rings is 1. The molecule has 0 radical (unpaired) electrons. The highest BCUT2D eigenvalue weighted by atomic mass is 19.4. The summed E-state index contributed by atoms with van der Waals surface area (Å²) in [6.45, 7) is 6.10. The van der Waals surface area contributed by atoms with Gasteiger partial charge in [-0.1, -0.05) is 6.07 Å². The van der Waals surface area contributed by atoms with Gasteiger partial charge in [0.05, 0.1) is 12.7 Å². The van der Waals surface area contributed by atoms with Crippen LogP contribution >= 0.6 is 0 Å². The number of hydrogen-bond acceptors (Lipinski definition) is 7.